The molecule has 0 spiro atoms. The van der Waals surface area contributed by atoms with Gasteiger partial charge in [0.05, 0.1) is 24.6 Å². The van der Waals surface area contributed by atoms with Crippen LogP contribution in [0.4, 0.5) is 5.69 Å². The molecule has 6 atom stereocenters. The number of halogens is 3. The molecule has 2 aromatic carbocycles. The number of ether oxygens (including phenoxy) is 1. The molecule has 2 aromatic rings. The van der Waals surface area contributed by atoms with Crippen molar-refractivity contribution < 1.29 is 29.0 Å². The van der Waals surface area contributed by atoms with Crippen LogP contribution in [0.25, 0.3) is 0 Å². The van der Waals surface area contributed by atoms with Crippen LogP contribution in [0, 0.1) is 24.7 Å². The average Bonchev–Trinajstić information content (AvgIpc) is 3.25. The number of aryl methyl sites for hydroxylation is 1. The van der Waals surface area contributed by atoms with Gasteiger partial charge in [0, 0.05) is 29.6 Å². The Morgan fingerprint density at radius 3 is 2.40 bits per heavy atom. The van der Waals surface area contributed by atoms with E-state index in [1.54, 1.807) is 24.3 Å². The average molecular weight is 604 g/mol. The molecule has 1 N–H and O–H groups in total. The second kappa shape index (κ2) is 8.96. The van der Waals surface area contributed by atoms with E-state index in [1.165, 1.54) is 26.3 Å². The zero-order valence-corrected chi connectivity index (χ0v) is 24.0. The smallest absolute Gasteiger partial charge is 0.253 e. The Morgan fingerprint density at radius 2 is 1.73 bits per heavy atom. The number of hydrogen-bond donors (Lipinski definition) is 1. The van der Waals surface area contributed by atoms with Gasteiger partial charge in [-0.1, -0.05) is 35.4 Å². The van der Waals surface area contributed by atoms with Crippen molar-refractivity contribution in [1.82, 2.24) is 4.90 Å². The van der Waals surface area contributed by atoms with Gasteiger partial charge in [-0.2, -0.15) is 0 Å². The fourth-order valence-corrected chi connectivity index (χ4v) is 8.19. The molecule has 2 aliphatic carbocycles. The second-order valence-electron chi connectivity index (χ2n) is 10.9. The summed E-state index contributed by atoms with van der Waals surface area (Å²) in [6.45, 7) is 1.82. The maximum absolute atomic E-state index is 14.0. The van der Waals surface area contributed by atoms with E-state index in [0.717, 1.165) is 15.4 Å². The van der Waals surface area contributed by atoms with Gasteiger partial charge in [-0.25, -0.2) is 4.90 Å². The highest BCUT2D eigenvalue weighted by Gasteiger charge is 2.76. The number of benzene rings is 2. The quantitative estimate of drug-likeness (QED) is 0.314. The number of phenolic OH excluding ortho intramolecular Hbond substituents is 1. The molecule has 40 heavy (non-hydrogen) atoms. The summed E-state index contributed by atoms with van der Waals surface area (Å²) in [6.07, 6.45) is 1.96. The number of carbonyl (C=O) groups is 4. The number of allylic oxidation sites excluding steroid dienone is 2. The Labute approximate surface area is 245 Å². The van der Waals surface area contributed by atoms with Crippen LogP contribution >= 0.6 is 34.8 Å². The summed E-state index contributed by atoms with van der Waals surface area (Å²) >= 11 is 20.7. The standard InChI is InChI=1S/C29H25Cl3N2O6/c1-13-4-5-14(10-20(13)30)34-24(36)18-9-8-16-19(22(18)25(34)37)12-28(31)26(38)33(2)27(39)29(28,32)23(16)17-7-6-15(35)11-21(17)40-3/h4-8,10-11,18-19,22-23,35H,9,12H2,1-3H3/t18-,19+,22-,23+,28+,29-/m0/s1. The summed E-state index contributed by atoms with van der Waals surface area (Å²) in [4.78, 5) is 53.2. The minimum absolute atomic E-state index is 0.0682. The number of imide groups is 2. The highest BCUT2D eigenvalue weighted by molar-refractivity contribution is 6.53. The van der Waals surface area contributed by atoms with Crippen LogP contribution in [-0.2, 0) is 19.2 Å². The molecule has 8 nitrogen and oxygen atoms in total. The molecule has 6 rings (SSSR count). The third kappa shape index (κ3) is 3.33. The predicted octanol–water partition coefficient (Wildman–Crippen LogP) is 4.56. The lowest BCUT2D eigenvalue weighted by Gasteiger charge is -2.51. The molecule has 0 radical (unpaired) electrons. The number of amides is 4. The maximum Gasteiger partial charge on any atom is 0.253 e. The van der Waals surface area contributed by atoms with Crippen molar-refractivity contribution in [2.75, 3.05) is 19.1 Å². The fraction of sp³-hybridized carbons (Fsp3) is 0.379. The van der Waals surface area contributed by atoms with Crippen molar-refractivity contribution in [3.8, 4) is 11.5 Å². The van der Waals surface area contributed by atoms with E-state index in [0.29, 0.717) is 21.8 Å². The summed E-state index contributed by atoms with van der Waals surface area (Å²) in [6, 6.07) is 9.40. The Morgan fingerprint density at radius 1 is 1.00 bits per heavy atom. The highest BCUT2D eigenvalue weighted by Crippen LogP contribution is 2.66. The molecule has 4 amide bonds. The molecule has 0 unspecified atom stereocenters. The number of rotatable bonds is 3. The summed E-state index contributed by atoms with van der Waals surface area (Å²) < 4.78 is 5.55. The van der Waals surface area contributed by atoms with Gasteiger partial charge in [0.15, 0.2) is 9.75 Å². The lowest BCUT2D eigenvalue weighted by molar-refractivity contribution is -0.138. The molecule has 1 saturated carbocycles. The summed E-state index contributed by atoms with van der Waals surface area (Å²) in [7, 11) is 2.74. The molecular weight excluding hydrogens is 579 g/mol. The van der Waals surface area contributed by atoms with Gasteiger partial charge in [0.1, 0.15) is 11.5 Å². The van der Waals surface area contributed by atoms with Crippen molar-refractivity contribution in [3.63, 3.8) is 0 Å². The number of methoxy groups -OCH3 is 1. The second-order valence-corrected chi connectivity index (χ2v) is 12.5. The largest absolute Gasteiger partial charge is 0.508 e. The van der Waals surface area contributed by atoms with Gasteiger partial charge in [0.25, 0.3) is 11.8 Å². The van der Waals surface area contributed by atoms with Crippen molar-refractivity contribution >= 4 is 64.1 Å². The molecular formula is C29H25Cl3N2O6. The Kier molecular flexibility index (Phi) is 6.08. The fourth-order valence-electron chi connectivity index (χ4n) is 7.00. The highest BCUT2D eigenvalue weighted by atomic mass is 35.5. The van der Waals surface area contributed by atoms with Crippen molar-refractivity contribution in [2.45, 2.75) is 35.4 Å². The van der Waals surface area contributed by atoms with Crippen molar-refractivity contribution in [1.29, 1.82) is 0 Å². The normalized spacial score (nSPS) is 33.1. The van der Waals surface area contributed by atoms with Gasteiger partial charge in [0.2, 0.25) is 11.8 Å². The van der Waals surface area contributed by atoms with Crippen LogP contribution < -0.4 is 9.64 Å². The molecule has 0 bridgehead atoms. The minimum atomic E-state index is -1.93. The summed E-state index contributed by atoms with van der Waals surface area (Å²) in [5, 5.41) is 10.5. The lowest BCUT2D eigenvalue weighted by Crippen LogP contribution is -2.60. The topological polar surface area (TPSA) is 104 Å². The number of phenols is 1. The zero-order valence-electron chi connectivity index (χ0n) is 21.8. The van der Waals surface area contributed by atoms with E-state index >= 15 is 0 Å². The number of fused-ring (bicyclic) bond motifs is 4. The maximum atomic E-state index is 14.0. The summed E-state index contributed by atoms with van der Waals surface area (Å²) in [5.41, 5.74) is 2.25. The van der Waals surface area contributed by atoms with Crippen molar-refractivity contribution in [3.05, 3.63) is 64.2 Å². The third-order valence-corrected chi connectivity index (χ3v) is 10.8. The number of alkyl halides is 2. The van der Waals surface area contributed by atoms with E-state index in [9.17, 15) is 24.3 Å². The van der Waals surface area contributed by atoms with Gasteiger partial charge >= 0.3 is 0 Å². The Balaban J connectivity index is 1.53. The molecule has 0 aromatic heterocycles. The van der Waals surface area contributed by atoms with Gasteiger partial charge in [-0.15, -0.1) is 23.2 Å². The first-order valence-electron chi connectivity index (χ1n) is 12.8. The van der Waals surface area contributed by atoms with E-state index in [4.69, 9.17) is 39.5 Å². The van der Waals surface area contributed by atoms with Gasteiger partial charge < -0.3 is 9.84 Å². The van der Waals surface area contributed by atoms with Crippen LogP contribution in [0.3, 0.4) is 0 Å². The predicted molar refractivity (Wildman–Crippen MR) is 149 cm³/mol. The SMILES string of the molecule is COc1cc(O)ccc1[C@H]1C2=CC[C@@H]3C(=O)N(c4ccc(C)c(Cl)c4)C(=O)[C@@H]3[C@@H]2C[C@@]2(Cl)C(=O)N(C)C(=O)[C@@]12Cl. The van der Waals surface area contributed by atoms with Crippen LogP contribution in [0.1, 0.15) is 29.9 Å². The molecule has 208 valence electrons. The van der Waals surface area contributed by atoms with Gasteiger partial charge in [-0.05, 0) is 49.4 Å². The first-order chi connectivity index (χ1) is 18.9. The molecule has 3 fully saturated rings. The first kappa shape index (κ1) is 27.1. The third-order valence-electron chi connectivity index (χ3n) is 8.96. The van der Waals surface area contributed by atoms with Crippen LogP contribution in [0.15, 0.2) is 48.0 Å². The Hall–Kier alpha value is -3.07. The molecule has 2 saturated heterocycles. The number of nitrogens with zero attached hydrogens (tertiary/aromatic N) is 2. The number of likely N-dealkylation sites (tertiary alicyclic amines) is 1. The van der Waals surface area contributed by atoms with Crippen LogP contribution in [0.5, 0.6) is 11.5 Å². The number of aromatic hydroxyl groups is 1. The summed E-state index contributed by atoms with van der Waals surface area (Å²) in [5.74, 6) is -5.10. The minimum Gasteiger partial charge on any atom is -0.508 e. The first-order valence-corrected chi connectivity index (χ1v) is 13.9. The Bertz CT molecular complexity index is 1560. The number of carbonyl (C=O) groups excluding carboxylic acids is 4. The molecule has 11 heteroatoms. The van der Waals surface area contributed by atoms with Crippen molar-refractivity contribution in [2.24, 2.45) is 17.8 Å². The van der Waals surface area contributed by atoms with Crippen LogP contribution in [0.2, 0.25) is 5.02 Å². The molecule has 4 aliphatic rings. The van der Waals surface area contributed by atoms with Crippen LogP contribution in [-0.4, -0.2) is 57.5 Å². The van der Waals surface area contributed by atoms with E-state index in [2.05, 4.69) is 0 Å². The van der Waals surface area contributed by atoms with E-state index in [1.807, 2.05) is 13.0 Å². The van der Waals surface area contributed by atoms with E-state index < -0.39 is 51.1 Å². The number of anilines is 1. The zero-order chi connectivity index (χ0) is 28.9. The van der Waals surface area contributed by atoms with E-state index in [-0.39, 0.29) is 30.2 Å². The molecule has 2 heterocycles. The molecule has 2 aliphatic heterocycles. The van der Waals surface area contributed by atoms with Gasteiger partial charge in [-0.3, -0.25) is 24.1 Å². The lowest BCUT2D eigenvalue weighted by atomic mass is 9.56. The monoisotopic (exact) mass is 602 g/mol. The number of hydrogen-bond acceptors (Lipinski definition) is 6.